The van der Waals surface area contributed by atoms with Crippen LogP contribution in [0.3, 0.4) is 0 Å². The maximum atomic E-state index is 6.28. The lowest BCUT2D eigenvalue weighted by atomic mass is 10.1. The summed E-state index contributed by atoms with van der Waals surface area (Å²) in [4.78, 5) is 14.4. The fourth-order valence-corrected chi connectivity index (χ4v) is 4.14. The van der Waals surface area contributed by atoms with Crippen LogP contribution in [0.2, 0.25) is 0 Å². The second kappa shape index (κ2) is 9.54. The summed E-state index contributed by atoms with van der Waals surface area (Å²) in [5, 5.41) is 0. The van der Waals surface area contributed by atoms with Gasteiger partial charge in [0, 0.05) is 39.1 Å². The van der Waals surface area contributed by atoms with Gasteiger partial charge in [0.05, 0.1) is 31.6 Å². The molecule has 3 heterocycles. The Kier molecular flexibility index (Phi) is 6.18. The number of para-hydroxylation sites is 1. The molecule has 0 N–H and O–H groups in total. The molecule has 0 amide bonds. The Balaban J connectivity index is 1.41. The van der Waals surface area contributed by atoms with E-state index in [1.54, 1.807) is 7.11 Å². The standard InChI is InChI=1S/C25H28N4O3/c1-30-20-9-7-19(8-10-20)17-28-12-11-23-22(18-28)24(32-21-5-3-2-4-6-21)27-25(26-23)29-13-15-31-16-14-29/h2-10H,11-18H2,1H3. The van der Waals surface area contributed by atoms with Crippen LogP contribution in [-0.2, 0) is 24.2 Å². The Hall–Kier alpha value is -3.16. The molecule has 32 heavy (non-hydrogen) atoms. The third-order valence-corrected chi connectivity index (χ3v) is 5.91. The molecule has 0 bridgehead atoms. The Labute approximate surface area is 188 Å². The van der Waals surface area contributed by atoms with Gasteiger partial charge in [-0.25, -0.2) is 4.98 Å². The molecule has 7 nitrogen and oxygen atoms in total. The molecule has 2 aliphatic heterocycles. The predicted molar refractivity (Wildman–Crippen MR) is 122 cm³/mol. The van der Waals surface area contributed by atoms with Crippen LogP contribution < -0.4 is 14.4 Å². The van der Waals surface area contributed by atoms with Crippen molar-refractivity contribution in [3.8, 4) is 17.4 Å². The van der Waals surface area contributed by atoms with Gasteiger partial charge in [-0.2, -0.15) is 4.98 Å². The van der Waals surface area contributed by atoms with Crippen LogP contribution >= 0.6 is 0 Å². The number of fused-ring (bicyclic) bond motifs is 1. The minimum absolute atomic E-state index is 0.655. The summed E-state index contributed by atoms with van der Waals surface area (Å²) < 4.78 is 17.1. The Bertz CT molecular complexity index is 1040. The van der Waals surface area contributed by atoms with Crippen molar-refractivity contribution in [2.75, 3.05) is 44.9 Å². The second-order valence-corrected chi connectivity index (χ2v) is 8.08. The van der Waals surface area contributed by atoms with Crippen molar-refractivity contribution in [3.63, 3.8) is 0 Å². The van der Waals surface area contributed by atoms with E-state index in [4.69, 9.17) is 24.2 Å². The normalized spacial score (nSPS) is 16.5. The molecule has 0 unspecified atom stereocenters. The van der Waals surface area contributed by atoms with Gasteiger partial charge in [0.1, 0.15) is 11.5 Å². The number of aromatic nitrogens is 2. The van der Waals surface area contributed by atoms with Gasteiger partial charge in [-0.3, -0.25) is 4.90 Å². The number of rotatable bonds is 6. The van der Waals surface area contributed by atoms with Crippen molar-refractivity contribution in [2.24, 2.45) is 0 Å². The average Bonchev–Trinajstić information content (AvgIpc) is 2.86. The molecule has 166 valence electrons. The third kappa shape index (κ3) is 4.69. The highest BCUT2D eigenvalue weighted by Crippen LogP contribution is 2.32. The fourth-order valence-electron chi connectivity index (χ4n) is 4.14. The molecule has 5 rings (SSSR count). The Morgan fingerprint density at radius 2 is 1.69 bits per heavy atom. The van der Waals surface area contributed by atoms with Crippen LogP contribution in [-0.4, -0.2) is 54.8 Å². The van der Waals surface area contributed by atoms with Crippen molar-refractivity contribution < 1.29 is 14.2 Å². The summed E-state index contributed by atoms with van der Waals surface area (Å²) in [5.74, 6) is 3.05. The zero-order valence-corrected chi connectivity index (χ0v) is 18.4. The predicted octanol–water partition coefficient (Wildman–Crippen LogP) is 3.67. The van der Waals surface area contributed by atoms with Crippen LogP contribution in [0.5, 0.6) is 17.4 Å². The number of nitrogens with zero attached hydrogens (tertiary/aromatic N) is 4. The van der Waals surface area contributed by atoms with Crippen LogP contribution in [0.4, 0.5) is 5.95 Å². The van der Waals surface area contributed by atoms with E-state index in [2.05, 4.69) is 21.9 Å². The van der Waals surface area contributed by atoms with E-state index in [9.17, 15) is 0 Å². The monoisotopic (exact) mass is 432 g/mol. The molecule has 0 atom stereocenters. The number of benzene rings is 2. The van der Waals surface area contributed by atoms with E-state index in [-0.39, 0.29) is 0 Å². The van der Waals surface area contributed by atoms with Crippen molar-refractivity contribution in [1.82, 2.24) is 14.9 Å². The molecular weight excluding hydrogens is 404 g/mol. The van der Waals surface area contributed by atoms with Crippen molar-refractivity contribution in [3.05, 3.63) is 71.4 Å². The van der Waals surface area contributed by atoms with E-state index in [0.29, 0.717) is 19.1 Å². The van der Waals surface area contributed by atoms with Crippen molar-refractivity contribution in [2.45, 2.75) is 19.5 Å². The Morgan fingerprint density at radius 3 is 2.44 bits per heavy atom. The first-order valence-electron chi connectivity index (χ1n) is 11.1. The van der Waals surface area contributed by atoms with Crippen LogP contribution in [0.15, 0.2) is 54.6 Å². The minimum Gasteiger partial charge on any atom is -0.497 e. The maximum Gasteiger partial charge on any atom is 0.229 e. The highest BCUT2D eigenvalue weighted by Gasteiger charge is 2.26. The molecular formula is C25H28N4O3. The number of hydrogen-bond donors (Lipinski definition) is 0. The van der Waals surface area contributed by atoms with Crippen molar-refractivity contribution >= 4 is 5.95 Å². The molecule has 2 aliphatic rings. The fraction of sp³-hybridized carbons (Fsp3) is 0.360. The molecule has 1 saturated heterocycles. The lowest BCUT2D eigenvalue weighted by Gasteiger charge is -2.32. The molecule has 3 aromatic rings. The van der Waals surface area contributed by atoms with Gasteiger partial charge in [-0.05, 0) is 29.8 Å². The Morgan fingerprint density at radius 1 is 0.906 bits per heavy atom. The van der Waals surface area contributed by atoms with Gasteiger partial charge >= 0.3 is 0 Å². The van der Waals surface area contributed by atoms with Gasteiger partial charge in [0.2, 0.25) is 11.8 Å². The molecule has 1 aromatic heterocycles. The summed E-state index contributed by atoms with van der Waals surface area (Å²) in [5.41, 5.74) is 3.41. The molecule has 2 aromatic carbocycles. The first-order valence-corrected chi connectivity index (χ1v) is 11.1. The van der Waals surface area contributed by atoms with Gasteiger partial charge in [-0.1, -0.05) is 30.3 Å². The summed E-state index contributed by atoms with van der Waals surface area (Å²) in [7, 11) is 1.69. The van der Waals surface area contributed by atoms with Gasteiger partial charge < -0.3 is 19.1 Å². The molecule has 1 fully saturated rings. The van der Waals surface area contributed by atoms with E-state index < -0.39 is 0 Å². The van der Waals surface area contributed by atoms with E-state index in [0.717, 1.165) is 67.8 Å². The minimum atomic E-state index is 0.655. The van der Waals surface area contributed by atoms with Gasteiger partial charge in [-0.15, -0.1) is 0 Å². The first kappa shape index (κ1) is 20.7. The first-order chi connectivity index (χ1) is 15.8. The van der Waals surface area contributed by atoms with E-state index in [1.807, 2.05) is 42.5 Å². The number of morpholine rings is 1. The molecule has 0 spiro atoms. The van der Waals surface area contributed by atoms with Gasteiger partial charge in [0.15, 0.2) is 0 Å². The summed E-state index contributed by atoms with van der Waals surface area (Å²) >= 11 is 0. The molecule has 0 radical (unpaired) electrons. The number of methoxy groups -OCH3 is 1. The van der Waals surface area contributed by atoms with Crippen molar-refractivity contribution in [1.29, 1.82) is 0 Å². The lowest BCUT2D eigenvalue weighted by molar-refractivity contribution is 0.122. The average molecular weight is 433 g/mol. The zero-order valence-electron chi connectivity index (χ0n) is 18.4. The maximum absolute atomic E-state index is 6.28. The second-order valence-electron chi connectivity index (χ2n) is 8.08. The van der Waals surface area contributed by atoms with E-state index in [1.165, 1.54) is 5.56 Å². The molecule has 7 heteroatoms. The summed E-state index contributed by atoms with van der Waals surface area (Å²) in [6, 6.07) is 18.1. The zero-order chi connectivity index (χ0) is 21.8. The van der Waals surface area contributed by atoms with E-state index >= 15 is 0 Å². The smallest absolute Gasteiger partial charge is 0.229 e. The van der Waals surface area contributed by atoms with Crippen LogP contribution in [0.1, 0.15) is 16.8 Å². The lowest BCUT2D eigenvalue weighted by Crippen LogP contribution is -2.38. The SMILES string of the molecule is COc1ccc(CN2CCc3nc(N4CCOCC4)nc(Oc4ccccc4)c3C2)cc1. The topological polar surface area (TPSA) is 60.0 Å². The number of anilines is 1. The molecule has 0 aliphatic carbocycles. The highest BCUT2D eigenvalue weighted by atomic mass is 16.5. The van der Waals surface area contributed by atoms with Crippen LogP contribution in [0.25, 0.3) is 0 Å². The van der Waals surface area contributed by atoms with Gasteiger partial charge in [0.25, 0.3) is 0 Å². The number of ether oxygens (including phenoxy) is 3. The summed E-state index contributed by atoms with van der Waals surface area (Å²) in [6.07, 6.45) is 0.872. The summed E-state index contributed by atoms with van der Waals surface area (Å²) in [6.45, 7) is 5.56. The largest absolute Gasteiger partial charge is 0.497 e. The highest BCUT2D eigenvalue weighted by molar-refractivity contribution is 5.44. The molecule has 0 saturated carbocycles. The van der Waals surface area contributed by atoms with Crippen LogP contribution in [0, 0.1) is 0 Å². The quantitative estimate of drug-likeness (QED) is 0.589. The third-order valence-electron chi connectivity index (χ3n) is 5.91. The number of hydrogen-bond acceptors (Lipinski definition) is 7.